The molecule has 0 aromatic rings. The molecule has 126 valence electrons. The number of nitrogens with one attached hydrogen (secondary N) is 1. The van der Waals surface area contributed by atoms with Crippen LogP contribution in [0.1, 0.15) is 73.6 Å². The van der Waals surface area contributed by atoms with Crippen LogP contribution in [-0.2, 0) is 0 Å². The summed E-state index contributed by atoms with van der Waals surface area (Å²) in [6.45, 7) is 16.5. The normalized spacial score (nSPS) is 28.6. The summed E-state index contributed by atoms with van der Waals surface area (Å²) in [6.07, 6.45) is 6.91. The molecule has 1 atom stereocenters. The molecule has 2 heteroatoms. The Hall–Kier alpha value is -0.0800. The van der Waals surface area contributed by atoms with Crippen LogP contribution in [0.15, 0.2) is 0 Å². The van der Waals surface area contributed by atoms with Gasteiger partial charge in [0.25, 0.3) is 0 Å². The molecule has 0 heterocycles. The van der Waals surface area contributed by atoms with E-state index in [-0.39, 0.29) is 0 Å². The van der Waals surface area contributed by atoms with Gasteiger partial charge >= 0.3 is 0 Å². The van der Waals surface area contributed by atoms with Gasteiger partial charge in [0.1, 0.15) is 0 Å². The molecule has 21 heavy (non-hydrogen) atoms. The minimum absolute atomic E-state index is 0.497. The van der Waals surface area contributed by atoms with Crippen molar-refractivity contribution in [1.29, 1.82) is 0 Å². The molecule has 1 saturated carbocycles. The lowest BCUT2D eigenvalue weighted by Gasteiger charge is -2.44. The molecule has 1 aliphatic rings. The summed E-state index contributed by atoms with van der Waals surface area (Å²) >= 11 is 0. The monoisotopic (exact) mass is 296 g/mol. The van der Waals surface area contributed by atoms with Crippen molar-refractivity contribution < 1.29 is 0 Å². The van der Waals surface area contributed by atoms with E-state index in [9.17, 15) is 0 Å². The second-order valence-corrected chi connectivity index (χ2v) is 8.61. The smallest absolute Gasteiger partial charge is 0.00665 e. The highest BCUT2D eigenvalue weighted by atomic mass is 15.1. The molecule has 0 bridgehead atoms. The molecule has 2 nitrogen and oxygen atoms in total. The summed E-state index contributed by atoms with van der Waals surface area (Å²) in [6, 6.07) is 1.29. The van der Waals surface area contributed by atoms with Crippen molar-refractivity contribution in [2.45, 2.75) is 85.7 Å². The van der Waals surface area contributed by atoms with Crippen LogP contribution in [-0.4, -0.2) is 37.1 Å². The second-order valence-electron chi connectivity index (χ2n) is 8.61. The minimum Gasteiger partial charge on any atom is -0.314 e. The molecule has 0 aliphatic heterocycles. The molecule has 0 aromatic carbocycles. The molecule has 0 aromatic heterocycles. The first kappa shape index (κ1) is 19.0. The summed E-state index contributed by atoms with van der Waals surface area (Å²) in [5.74, 6) is 1.72. The van der Waals surface area contributed by atoms with Gasteiger partial charge in [0.05, 0.1) is 0 Å². The minimum atomic E-state index is 0.497. The fraction of sp³-hybridized carbons (Fsp3) is 1.00. The maximum absolute atomic E-state index is 3.73. The Bertz CT molecular complexity index is 277. The van der Waals surface area contributed by atoms with Gasteiger partial charge in [-0.3, -0.25) is 0 Å². The maximum atomic E-state index is 3.73. The molecule has 1 N–H and O–H groups in total. The van der Waals surface area contributed by atoms with Crippen molar-refractivity contribution in [3.8, 4) is 0 Å². The first-order chi connectivity index (χ1) is 9.74. The van der Waals surface area contributed by atoms with Crippen LogP contribution in [0.25, 0.3) is 0 Å². The van der Waals surface area contributed by atoms with Gasteiger partial charge in [-0.1, -0.05) is 47.5 Å². The Labute approximate surface area is 134 Å². The summed E-state index contributed by atoms with van der Waals surface area (Å²) in [5, 5.41) is 3.73. The Morgan fingerprint density at radius 2 is 1.67 bits per heavy atom. The largest absolute Gasteiger partial charge is 0.314 e. The predicted octanol–water partition coefficient (Wildman–Crippen LogP) is 4.55. The van der Waals surface area contributed by atoms with E-state index in [4.69, 9.17) is 0 Å². The van der Waals surface area contributed by atoms with Gasteiger partial charge in [0.2, 0.25) is 0 Å². The molecule has 1 aliphatic carbocycles. The second kappa shape index (κ2) is 8.53. The zero-order valence-electron chi connectivity index (χ0n) is 15.7. The molecule has 0 spiro atoms. The number of hydrogen-bond acceptors (Lipinski definition) is 2. The van der Waals surface area contributed by atoms with Crippen LogP contribution in [0.2, 0.25) is 0 Å². The summed E-state index contributed by atoms with van der Waals surface area (Å²) in [5.41, 5.74) is 0.497. The highest BCUT2D eigenvalue weighted by molar-refractivity contribution is 4.90. The van der Waals surface area contributed by atoms with Gasteiger partial charge in [-0.2, -0.15) is 0 Å². The first-order valence-electron chi connectivity index (χ1n) is 9.18. The lowest BCUT2D eigenvalue weighted by Crippen LogP contribution is -2.48. The van der Waals surface area contributed by atoms with Crippen LogP contribution in [0.4, 0.5) is 0 Å². The van der Waals surface area contributed by atoms with Crippen LogP contribution in [0.5, 0.6) is 0 Å². The third-order valence-electron chi connectivity index (χ3n) is 5.37. The molecular formula is C19H40N2. The molecule has 1 rings (SSSR count). The third-order valence-corrected chi connectivity index (χ3v) is 5.37. The quantitative estimate of drug-likeness (QED) is 0.707. The van der Waals surface area contributed by atoms with Crippen molar-refractivity contribution in [1.82, 2.24) is 10.2 Å². The van der Waals surface area contributed by atoms with E-state index in [0.29, 0.717) is 17.5 Å². The molecule has 0 saturated heterocycles. The van der Waals surface area contributed by atoms with Crippen LogP contribution in [0, 0.1) is 17.3 Å². The summed E-state index contributed by atoms with van der Waals surface area (Å²) in [7, 11) is 2.34. The topological polar surface area (TPSA) is 15.3 Å². The number of rotatable bonds is 8. The van der Waals surface area contributed by atoms with Gasteiger partial charge in [-0.15, -0.1) is 0 Å². The standard InChI is InChI=1S/C19H40N2/c1-15(2)12-18(6)21(7)14-19(13-20-16(3)4)10-8-17(5)9-11-19/h15-18,20H,8-14H2,1-7H3. The van der Waals surface area contributed by atoms with Gasteiger partial charge in [0, 0.05) is 25.2 Å². The van der Waals surface area contributed by atoms with Gasteiger partial charge in [0.15, 0.2) is 0 Å². The number of hydrogen-bond donors (Lipinski definition) is 1. The predicted molar refractivity (Wildman–Crippen MR) is 94.8 cm³/mol. The van der Waals surface area contributed by atoms with Crippen molar-refractivity contribution in [2.24, 2.45) is 17.3 Å². The average Bonchev–Trinajstić information content (AvgIpc) is 2.39. The molecule has 0 amide bonds. The highest BCUT2D eigenvalue weighted by Gasteiger charge is 2.35. The average molecular weight is 297 g/mol. The maximum Gasteiger partial charge on any atom is 0.00665 e. The molecule has 0 radical (unpaired) electrons. The molecule has 1 unspecified atom stereocenters. The Kier molecular flexibility index (Phi) is 7.70. The van der Waals surface area contributed by atoms with Crippen molar-refractivity contribution >= 4 is 0 Å². The van der Waals surface area contributed by atoms with Crippen LogP contribution in [0.3, 0.4) is 0 Å². The van der Waals surface area contributed by atoms with E-state index in [2.05, 4.69) is 58.8 Å². The van der Waals surface area contributed by atoms with E-state index < -0.39 is 0 Å². The van der Waals surface area contributed by atoms with Crippen LogP contribution >= 0.6 is 0 Å². The Morgan fingerprint density at radius 1 is 1.10 bits per heavy atom. The van der Waals surface area contributed by atoms with E-state index >= 15 is 0 Å². The molecular weight excluding hydrogens is 256 g/mol. The lowest BCUT2D eigenvalue weighted by atomic mass is 9.70. The van der Waals surface area contributed by atoms with Crippen molar-refractivity contribution in [2.75, 3.05) is 20.1 Å². The van der Waals surface area contributed by atoms with Gasteiger partial charge in [-0.05, 0) is 50.5 Å². The zero-order chi connectivity index (χ0) is 16.0. The molecule has 1 fully saturated rings. The summed E-state index contributed by atoms with van der Waals surface area (Å²) in [4.78, 5) is 2.62. The highest BCUT2D eigenvalue weighted by Crippen LogP contribution is 2.39. The van der Waals surface area contributed by atoms with E-state index in [1.54, 1.807) is 0 Å². The number of nitrogens with zero attached hydrogens (tertiary/aromatic N) is 1. The van der Waals surface area contributed by atoms with E-state index in [1.165, 1.54) is 45.2 Å². The van der Waals surface area contributed by atoms with Crippen molar-refractivity contribution in [3.05, 3.63) is 0 Å². The third kappa shape index (κ3) is 6.69. The Morgan fingerprint density at radius 3 is 2.14 bits per heavy atom. The fourth-order valence-corrected chi connectivity index (χ4v) is 3.73. The lowest BCUT2D eigenvalue weighted by molar-refractivity contribution is 0.0754. The van der Waals surface area contributed by atoms with Crippen LogP contribution < -0.4 is 5.32 Å². The Balaban J connectivity index is 2.63. The van der Waals surface area contributed by atoms with Crippen molar-refractivity contribution in [3.63, 3.8) is 0 Å². The van der Waals surface area contributed by atoms with E-state index in [0.717, 1.165) is 11.8 Å². The first-order valence-corrected chi connectivity index (χ1v) is 9.18. The fourth-order valence-electron chi connectivity index (χ4n) is 3.73. The zero-order valence-corrected chi connectivity index (χ0v) is 15.7. The van der Waals surface area contributed by atoms with Gasteiger partial charge in [-0.25, -0.2) is 0 Å². The van der Waals surface area contributed by atoms with Gasteiger partial charge < -0.3 is 10.2 Å². The summed E-state index contributed by atoms with van der Waals surface area (Å²) < 4.78 is 0. The SMILES string of the molecule is CC(C)CC(C)N(C)CC1(CNC(C)C)CCC(C)CC1. The van der Waals surface area contributed by atoms with E-state index in [1.807, 2.05) is 0 Å².